The number of alkyl halides is 3. The number of halogens is 3. The zero-order valence-corrected chi connectivity index (χ0v) is 17.7. The summed E-state index contributed by atoms with van der Waals surface area (Å²) in [5.41, 5.74) is 1.95. The molecule has 0 radical (unpaired) electrons. The molecule has 2 aromatic rings. The molecule has 6 nitrogen and oxygen atoms in total. The fraction of sp³-hybridized carbons (Fsp3) is 0.476. The summed E-state index contributed by atoms with van der Waals surface area (Å²) in [5.74, 6) is -0.350. The van der Waals surface area contributed by atoms with E-state index in [1.807, 2.05) is 6.92 Å². The van der Waals surface area contributed by atoms with E-state index in [0.717, 1.165) is 17.7 Å². The summed E-state index contributed by atoms with van der Waals surface area (Å²) in [6.07, 6.45) is -3.48. The van der Waals surface area contributed by atoms with Gasteiger partial charge in [-0.3, -0.25) is 4.79 Å². The molecule has 0 unspecified atom stereocenters. The summed E-state index contributed by atoms with van der Waals surface area (Å²) in [6.45, 7) is 2.94. The molecule has 0 amide bonds. The number of rotatable bonds is 5. The molecule has 31 heavy (non-hydrogen) atoms. The third-order valence-electron chi connectivity index (χ3n) is 5.81. The molecule has 168 valence electrons. The summed E-state index contributed by atoms with van der Waals surface area (Å²) in [7, 11) is -3.37. The molecule has 2 bridgehead atoms. The van der Waals surface area contributed by atoms with Crippen molar-refractivity contribution in [2.24, 2.45) is 5.92 Å². The molecule has 4 rings (SSSR count). The fourth-order valence-corrected chi connectivity index (χ4v) is 6.28. The largest absolute Gasteiger partial charge is 0.573 e. The SMILES string of the molecule is CCCS(=O)(=O)N1C[C@H]2C[C@H](C1)c1c(-c3ccc(OC(F)(F)F)cc3)ccc(=O)n1C2. The minimum Gasteiger partial charge on any atom is -0.406 e. The second kappa shape index (κ2) is 7.98. The predicted octanol–water partition coefficient (Wildman–Crippen LogP) is 3.57. The highest BCUT2D eigenvalue weighted by Gasteiger charge is 2.40. The van der Waals surface area contributed by atoms with E-state index in [1.165, 1.54) is 34.6 Å². The van der Waals surface area contributed by atoms with Crippen LogP contribution in [0.4, 0.5) is 13.2 Å². The van der Waals surface area contributed by atoms with Crippen molar-refractivity contribution < 1.29 is 26.3 Å². The highest BCUT2D eigenvalue weighted by atomic mass is 32.2. The first-order valence-electron chi connectivity index (χ1n) is 10.1. The van der Waals surface area contributed by atoms with Gasteiger partial charge in [0.15, 0.2) is 0 Å². The molecular formula is C21H23F3N2O4S. The second-order valence-electron chi connectivity index (χ2n) is 8.08. The number of fused-ring (bicyclic) bond motifs is 4. The van der Waals surface area contributed by atoms with E-state index in [-0.39, 0.29) is 28.9 Å². The summed E-state index contributed by atoms with van der Waals surface area (Å²) in [6, 6.07) is 8.61. The molecule has 1 aromatic carbocycles. The Hall–Kier alpha value is -2.33. The number of hydrogen-bond acceptors (Lipinski definition) is 4. The molecule has 0 N–H and O–H groups in total. The van der Waals surface area contributed by atoms with Crippen LogP contribution in [0, 0.1) is 5.92 Å². The van der Waals surface area contributed by atoms with Crippen LogP contribution in [0.15, 0.2) is 41.2 Å². The average Bonchev–Trinajstić information content (AvgIpc) is 2.68. The number of hydrogen-bond donors (Lipinski definition) is 0. The molecule has 2 aliphatic rings. The van der Waals surface area contributed by atoms with E-state index in [2.05, 4.69) is 4.74 Å². The van der Waals surface area contributed by atoms with Gasteiger partial charge in [0, 0.05) is 42.9 Å². The third-order valence-corrected chi connectivity index (χ3v) is 7.82. The maximum Gasteiger partial charge on any atom is 0.573 e. The Labute approximate surface area is 178 Å². The van der Waals surface area contributed by atoms with Gasteiger partial charge in [-0.2, -0.15) is 0 Å². The quantitative estimate of drug-likeness (QED) is 0.690. The molecule has 10 heteroatoms. The summed E-state index contributed by atoms with van der Waals surface area (Å²) >= 11 is 0. The van der Waals surface area contributed by atoms with Crippen molar-refractivity contribution in [3.05, 3.63) is 52.4 Å². The Balaban J connectivity index is 1.71. The van der Waals surface area contributed by atoms with Crippen LogP contribution in [0.25, 0.3) is 11.1 Å². The first kappa shape index (κ1) is 21.9. The van der Waals surface area contributed by atoms with Gasteiger partial charge in [-0.05, 0) is 42.5 Å². The average molecular weight is 456 g/mol. The lowest BCUT2D eigenvalue weighted by Gasteiger charge is -2.43. The lowest BCUT2D eigenvalue weighted by Crippen LogP contribution is -2.49. The van der Waals surface area contributed by atoms with Crippen LogP contribution in [-0.2, 0) is 16.6 Å². The fourth-order valence-electron chi connectivity index (χ4n) is 4.67. The van der Waals surface area contributed by atoms with Gasteiger partial charge in [-0.15, -0.1) is 13.2 Å². The Bertz CT molecular complexity index is 1130. The maximum atomic E-state index is 12.7. The molecule has 0 saturated carbocycles. The van der Waals surface area contributed by atoms with Crippen molar-refractivity contribution in [3.8, 4) is 16.9 Å². The van der Waals surface area contributed by atoms with E-state index in [0.29, 0.717) is 31.6 Å². The second-order valence-corrected chi connectivity index (χ2v) is 10.2. The topological polar surface area (TPSA) is 68.6 Å². The van der Waals surface area contributed by atoms with Crippen molar-refractivity contribution in [2.45, 2.75) is 38.6 Å². The molecule has 3 heterocycles. The number of aromatic nitrogens is 1. The monoisotopic (exact) mass is 456 g/mol. The van der Waals surface area contributed by atoms with E-state index in [9.17, 15) is 26.4 Å². The van der Waals surface area contributed by atoms with Crippen molar-refractivity contribution >= 4 is 10.0 Å². The lowest BCUT2D eigenvalue weighted by atomic mass is 9.81. The minimum absolute atomic E-state index is 0.0494. The van der Waals surface area contributed by atoms with Gasteiger partial charge in [-0.25, -0.2) is 12.7 Å². The zero-order valence-electron chi connectivity index (χ0n) is 16.9. The molecule has 0 spiro atoms. The highest BCUT2D eigenvalue weighted by molar-refractivity contribution is 7.89. The van der Waals surface area contributed by atoms with E-state index >= 15 is 0 Å². The Morgan fingerprint density at radius 1 is 1.06 bits per heavy atom. The first-order chi connectivity index (χ1) is 14.6. The number of ether oxygens (including phenoxy) is 1. The van der Waals surface area contributed by atoms with Gasteiger partial charge in [0.25, 0.3) is 5.56 Å². The van der Waals surface area contributed by atoms with Crippen LogP contribution < -0.4 is 10.3 Å². The van der Waals surface area contributed by atoms with Crippen LogP contribution in [-0.4, -0.2) is 42.5 Å². The van der Waals surface area contributed by atoms with Crippen molar-refractivity contribution in [2.75, 3.05) is 18.8 Å². The molecule has 2 atom stereocenters. The number of pyridine rings is 1. The predicted molar refractivity (Wildman–Crippen MR) is 109 cm³/mol. The van der Waals surface area contributed by atoms with Gasteiger partial charge in [0.1, 0.15) is 5.75 Å². The normalized spacial score (nSPS) is 21.5. The van der Waals surface area contributed by atoms with Gasteiger partial charge < -0.3 is 9.30 Å². The Morgan fingerprint density at radius 3 is 2.42 bits per heavy atom. The molecule has 0 aliphatic carbocycles. The molecule has 1 saturated heterocycles. The molecule has 2 aliphatic heterocycles. The van der Waals surface area contributed by atoms with Crippen molar-refractivity contribution in [1.82, 2.24) is 8.87 Å². The number of nitrogens with zero attached hydrogens (tertiary/aromatic N) is 2. The smallest absolute Gasteiger partial charge is 0.406 e. The standard InChI is InChI=1S/C21H23F3N2O4S/c1-2-9-31(28,29)25-11-14-10-16(13-25)20-18(7-8-19(27)26(20)12-14)15-3-5-17(6-4-15)30-21(22,23)24/h3-8,14,16H,2,9-13H2,1H3/t14-,16-/m1/s1. The van der Waals surface area contributed by atoms with Crippen LogP contribution in [0.3, 0.4) is 0 Å². The highest BCUT2D eigenvalue weighted by Crippen LogP contribution is 2.41. The van der Waals surface area contributed by atoms with Crippen LogP contribution in [0.1, 0.15) is 31.4 Å². The van der Waals surface area contributed by atoms with Gasteiger partial charge in [-0.1, -0.05) is 19.1 Å². The third kappa shape index (κ3) is 4.50. The number of piperidine rings is 1. The van der Waals surface area contributed by atoms with Gasteiger partial charge in [0.2, 0.25) is 10.0 Å². The molecule has 1 aromatic heterocycles. The van der Waals surface area contributed by atoms with E-state index in [4.69, 9.17) is 0 Å². The zero-order chi connectivity index (χ0) is 22.4. The number of benzene rings is 1. The molecular weight excluding hydrogens is 433 g/mol. The lowest BCUT2D eigenvalue weighted by molar-refractivity contribution is -0.274. The van der Waals surface area contributed by atoms with E-state index < -0.39 is 16.4 Å². The van der Waals surface area contributed by atoms with Gasteiger partial charge in [0.05, 0.1) is 5.75 Å². The summed E-state index contributed by atoms with van der Waals surface area (Å²) < 4.78 is 69.8. The van der Waals surface area contributed by atoms with E-state index in [1.54, 1.807) is 10.6 Å². The van der Waals surface area contributed by atoms with Crippen molar-refractivity contribution in [1.29, 1.82) is 0 Å². The first-order valence-corrected chi connectivity index (χ1v) is 11.8. The number of sulfonamides is 1. The van der Waals surface area contributed by atoms with Crippen LogP contribution in [0.2, 0.25) is 0 Å². The van der Waals surface area contributed by atoms with Crippen molar-refractivity contribution in [3.63, 3.8) is 0 Å². The Kier molecular flexibility index (Phi) is 5.63. The summed E-state index contributed by atoms with van der Waals surface area (Å²) in [5, 5.41) is 0. The maximum absolute atomic E-state index is 12.7. The molecule has 1 fully saturated rings. The van der Waals surface area contributed by atoms with Crippen LogP contribution in [0.5, 0.6) is 5.75 Å². The van der Waals surface area contributed by atoms with Gasteiger partial charge >= 0.3 is 6.36 Å². The Morgan fingerprint density at radius 2 is 1.77 bits per heavy atom. The summed E-state index contributed by atoms with van der Waals surface area (Å²) in [4.78, 5) is 12.6. The minimum atomic E-state index is -4.77. The van der Waals surface area contributed by atoms with Crippen LogP contribution >= 0.6 is 0 Å².